The number of nitrogens with two attached hydrogens (primary N) is 1. The fourth-order valence-electron chi connectivity index (χ4n) is 4.68. The molecular formula is C24H20N2O6. The minimum absolute atomic E-state index is 0.0512. The van der Waals surface area contributed by atoms with Crippen LogP contribution in [0.5, 0.6) is 5.75 Å². The molecule has 1 aromatic heterocycles. The van der Waals surface area contributed by atoms with Crippen LogP contribution in [0.25, 0.3) is 11.0 Å². The first-order valence-electron chi connectivity index (χ1n) is 10.1. The SMILES string of the molecule is CCOC(=O)C1=C(N)Oc2c(c(=O)oc3ccccc23)[C@@]12C(=O)N(C)c1ccc(C)cc12. The number of aryl methyl sites for hydroxylation is 1. The van der Waals surface area contributed by atoms with E-state index >= 15 is 0 Å². The van der Waals surface area contributed by atoms with Gasteiger partial charge in [-0.2, -0.15) is 0 Å². The summed E-state index contributed by atoms with van der Waals surface area (Å²) in [6.45, 7) is 3.55. The molecule has 0 bridgehead atoms. The van der Waals surface area contributed by atoms with Crippen LogP contribution in [0.3, 0.4) is 0 Å². The molecule has 0 unspecified atom stereocenters. The number of hydrogen-bond donors (Lipinski definition) is 1. The molecule has 1 atom stereocenters. The van der Waals surface area contributed by atoms with Crippen LogP contribution >= 0.6 is 0 Å². The van der Waals surface area contributed by atoms with Crippen LogP contribution in [0.2, 0.25) is 0 Å². The van der Waals surface area contributed by atoms with E-state index < -0.39 is 22.9 Å². The topological polar surface area (TPSA) is 112 Å². The van der Waals surface area contributed by atoms with Crippen LogP contribution in [-0.2, 0) is 19.7 Å². The van der Waals surface area contributed by atoms with Crippen molar-refractivity contribution in [1.29, 1.82) is 0 Å². The van der Waals surface area contributed by atoms with Crippen LogP contribution < -0.4 is 21.0 Å². The summed E-state index contributed by atoms with van der Waals surface area (Å²) in [5, 5.41) is 0.462. The van der Waals surface area contributed by atoms with Gasteiger partial charge in [0.05, 0.1) is 12.0 Å². The van der Waals surface area contributed by atoms with Crippen molar-refractivity contribution in [2.75, 3.05) is 18.6 Å². The molecule has 2 aliphatic heterocycles. The van der Waals surface area contributed by atoms with Gasteiger partial charge in [0.25, 0.3) is 0 Å². The second-order valence-corrected chi connectivity index (χ2v) is 7.79. The minimum atomic E-state index is -1.86. The molecule has 2 aromatic carbocycles. The lowest BCUT2D eigenvalue weighted by Crippen LogP contribution is -2.50. The molecule has 5 rings (SSSR count). The first-order valence-corrected chi connectivity index (χ1v) is 10.1. The van der Waals surface area contributed by atoms with E-state index in [9.17, 15) is 14.4 Å². The van der Waals surface area contributed by atoms with Crippen molar-refractivity contribution in [2.45, 2.75) is 19.3 Å². The molecule has 2 aliphatic rings. The predicted octanol–water partition coefficient (Wildman–Crippen LogP) is 2.49. The van der Waals surface area contributed by atoms with E-state index in [0.29, 0.717) is 16.6 Å². The molecule has 3 heterocycles. The van der Waals surface area contributed by atoms with Gasteiger partial charge in [-0.25, -0.2) is 9.59 Å². The van der Waals surface area contributed by atoms with E-state index in [1.807, 2.05) is 13.0 Å². The number of nitrogens with zero attached hydrogens (tertiary/aromatic N) is 1. The van der Waals surface area contributed by atoms with E-state index in [0.717, 1.165) is 5.56 Å². The van der Waals surface area contributed by atoms with Gasteiger partial charge in [-0.1, -0.05) is 29.8 Å². The van der Waals surface area contributed by atoms with Gasteiger partial charge in [-0.3, -0.25) is 4.79 Å². The summed E-state index contributed by atoms with van der Waals surface area (Å²) in [6, 6.07) is 12.2. The number of amides is 1. The zero-order chi connectivity index (χ0) is 22.8. The molecule has 8 nitrogen and oxygen atoms in total. The number of carbonyl (C=O) groups is 2. The zero-order valence-corrected chi connectivity index (χ0v) is 17.7. The minimum Gasteiger partial charge on any atom is -0.462 e. The molecule has 162 valence electrons. The molecule has 0 radical (unpaired) electrons. The highest BCUT2D eigenvalue weighted by Gasteiger charge is 2.62. The van der Waals surface area contributed by atoms with Gasteiger partial charge in [0.2, 0.25) is 11.8 Å². The number of fused-ring (bicyclic) bond motifs is 6. The lowest BCUT2D eigenvalue weighted by Gasteiger charge is -2.35. The fourth-order valence-corrected chi connectivity index (χ4v) is 4.68. The Hall–Kier alpha value is -4.07. The molecular weight excluding hydrogens is 412 g/mol. The average Bonchev–Trinajstić information content (AvgIpc) is 2.96. The number of benzene rings is 2. The maximum atomic E-state index is 14.0. The van der Waals surface area contributed by atoms with E-state index in [2.05, 4.69) is 0 Å². The summed E-state index contributed by atoms with van der Waals surface area (Å²) in [7, 11) is 1.59. The number of esters is 1. The van der Waals surface area contributed by atoms with Crippen molar-refractivity contribution >= 4 is 28.5 Å². The zero-order valence-electron chi connectivity index (χ0n) is 17.7. The number of para-hydroxylation sites is 1. The highest BCUT2D eigenvalue weighted by molar-refractivity contribution is 6.18. The summed E-state index contributed by atoms with van der Waals surface area (Å²) >= 11 is 0. The summed E-state index contributed by atoms with van der Waals surface area (Å²) in [5.74, 6) is -1.54. The van der Waals surface area contributed by atoms with E-state index in [4.69, 9.17) is 19.6 Å². The van der Waals surface area contributed by atoms with Crippen LogP contribution in [0.15, 0.2) is 63.1 Å². The van der Waals surface area contributed by atoms with Crippen molar-refractivity contribution in [3.8, 4) is 5.75 Å². The van der Waals surface area contributed by atoms with Gasteiger partial charge in [0.1, 0.15) is 22.1 Å². The molecule has 3 aromatic rings. The normalized spacial score (nSPS) is 19.2. The molecule has 8 heteroatoms. The molecule has 1 amide bonds. The Morgan fingerprint density at radius 3 is 2.69 bits per heavy atom. The monoisotopic (exact) mass is 432 g/mol. The van der Waals surface area contributed by atoms with Crippen molar-refractivity contribution in [3.63, 3.8) is 0 Å². The van der Waals surface area contributed by atoms with Crippen LogP contribution in [0, 0.1) is 6.92 Å². The van der Waals surface area contributed by atoms with Gasteiger partial charge in [-0.15, -0.1) is 0 Å². The summed E-state index contributed by atoms with van der Waals surface area (Å²) in [4.78, 5) is 41.9. The van der Waals surface area contributed by atoms with Gasteiger partial charge < -0.3 is 24.5 Å². The molecule has 2 N–H and O–H groups in total. The third kappa shape index (κ3) is 2.34. The van der Waals surface area contributed by atoms with E-state index in [-0.39, 0.29) is 35.0 Å². The third-order valence-electron chi connectivity index (χ3n) is 6.00. The highest BCUT2D eigenvalue weighted by Crippen LogP contribution is 2.55. The maximum absolute atomic E-state index is 14.0. The molecule has 0 fully saturated rings. The van der Waals surface area contributed by atoms with Gasteiger partial charge >= 0.3 is 11.6 Å². The molecule has 0 saturated carbocycles. The van der Waals surface area contributed by atoms with Gasteiger partial charge in [0, 0.05) is 18.3 Å². The number of rotatable bonds is 2. The van der Waals surface area contributed by atoms with E-state index in [1.54, 1.807) is 50.4 Å². The largest absolute Gasteiger partial charge is 0.462 e. The van der Waals surface area contributed by atoms with Gasteiger partial charge in [-0.05, 0) is 32.0 Å². The Balaban J connectivity index is 2.00. The summed E-state index contributed by atoms with van der Waals surface area (Å²) < 4.78 is 16.7. The van der Waals surface area contributed by atoms with Crippen molar-refractivity contribution in [1.82, 2.24) is 0 Å². The number of likely N-dealkylation sites (N-methyl/N-ethyl adjacent to an activating group) is 1. The lowest BCUT2D eigenvalue weighted by molar-refractivity contribution is -0.140. The standard InChI is InChI=1S/C24H20N2O6/c1-4-30-21(27)18-20(25)32-19-13-7-5-6-8-16(13)31-22(28)17(19)24(18)14-11-12(2)9-10-15(14)26(3)23(24)29/h5-11H,4,25H2,1-3H3/t24-/m1/s1. The molecule has 0 aliphatic carbocycles. The number of ether oxygens (including phenoxy) is 2. The van der Waals surface area contributed by atoms with Gasteiger partial charge in [0.15, 0.2) is 5.75 Å². The summed E-state index contributed by atoms with van der Waals surface area (Å²) in [5.41, 5.74) is 5.44. The third-order valence-corrected chi connectivity index (χ3v) is 6.00. The van der Waals surface area contributed by atoms with Crippen LogP contribution in [0.4, 0.5) is 5.69 Å². The first-order chi connectivity index (χ1) is 15.3. The smallest absolute Gasteiger partial charge is 0.345 e. The summed E-state index contributed by atoms with van der Waals surface area (Å²) in [6.07, 6.45) is 0. The van der Waals surface area contributed by atoms with E-state index in [1.165, 1.54) is 4.90 Å². The fraction of sp³-hybridized carbons (Fsp3) is 0.208. The second kappa shape index (κ2) is 6.71. The Bertz CT molecular complexity index is 1420. The maximum Gasteiger partial charge on any atom is 0.345 e. The molecule has 32 heavy (non-hydrogen) atoms. The second-order valence-electron chi connectivity index (χ2n) is 7.79. The predicted molar refractivity (Wildman–Crippen MR) is 116 cm³/mol. The lowest BCUT2D eigenvalue weighted by atomic mass is 9.68. The Labute approximate surface area is 182 Å². The van der Waals surface area contributed by atoms with Crippen molar-refractivity contribution < 1.29 is 23.5 Å². The number of anilines is 1. The Morgan fingerprint density at radius 2 is 1.94 bits per heavy atom. The first kappa shape index (κ1) is 19.9. The quantitative estimate of drug-likeness (QED) is 0.489. The molecule has 1 spiro atoms. The van der Waals surface area contributed by atoms with Crippen molar-refractivity contribution in [3.05, 3.63) is 81.0 Å². The molecule has 0 saturated heterocycles. The Morgan fingerprint density at radius 1 is 1.19 bits per heavy atom. The average molecular weight is 432 g/mol. The number of carbonyl (C=O) groups excluding carboxylic acids is 2. The Kier molecular flexibility index (Phi) is 4.17. The van der Waals surface area contributed by atoms with Crippen molar-refractivity contribution in [2.24, 2.45) is 5.73 Å². The number of hydrogen-bond acceptors (Lipinski definition) is 7. The van der Waals surface area contributed by atoms with Crippen LogP contribution in [-0.4, -0.2) is 25.5 Å². The van der Waals surface area contributed by atoms with Crippen LogP contribution in [0.1, 0.15) is 23.6 Å². The highest BCUT2D eigenvalue weighted by atomic mass is 16.5.